The van der Waals surface area contributed by atoms with Gasteiger partial charge in [0.15, 0.2) is 5.75 Å². The fraction of sp³-hybridized carbons (Fsp3) is 0.286. The summed E-state index contributed by atoms with van der Waals surface area (Å²) in [6.07, 6.45) is -1.10. The third kappa shape index (κ3) is 4.32. The summed E-state index contributed by atoms with van der Waals surface area (Å²) in [7, 11) is 0. The summed E-state index contributed by atoms with van der Waals surface area (Å²) >= 11 is 0. The van der Waals surface area contributed by atoms with Crippen LogP contribution in [0, 0.1) is 0 Å². The Kier molecular flexibility index (Phi) is 5.16. The van der Waals surface area contributed by atoms with Gasteiger partial charge < -0.3 is 15.8 Å². The second-order valence-corrected chi connectivity index (χ2v) is 4.41. The van der Waals surface area contributed by atoms with Gasteiger partial charge in [-0.25, -0.2) is 9.97 Å². The molecule has 2 aromatic rings. The molecule has 1 heterocycles. The molecule has 22 heavy (non-hydrogen) atoms. The van der Waals surface area contributed by atoms with E-state index in [0.29, 0.717) is 19.0 Å². The summed E-state index contributed by atoms with van der Waals surface area (Å²) in [5.74, 6) is 0.202. The summed E-state index contributed by atoms with van der Waals surface area (Å²) in [5.41, 5.74) is 4.51. The number of anilines is 1. The van der Waals surface area contributed by atoms with Gasteiger partial charge in [0.05, 0.1) is 18.0 Å². The quantitative estimate of drug-likeness (QED) is 0.802. The van der Waals surface area contributed by atoms with E-state index in [1.54, 1.807) is 0 Å². The number of hydrogen-bond donors (Lipinski definition) is 2. The van der Waals surface area contributed by atoms with Crippen molar-refractivity contribution in [3.05, 3.63) is 42.2 Å². The Hall–Kier alpha value is -2.35. The van der Waals surface area contributed by atoms with Crippen LogP contribution in [-0.4, -0.2) is 23.1 Å². The third-order valence-corrected chi connectivity index (χ3v) is 2.71. The van der Waals surface area contributed by atoms with Crippen LogP contribution in [0.2, 0.25) is 0 Å². The van der Waals surface area contributed by atoms with Crippen LogP contribution < -0.4 is 15.8 Å². The lowest BCUT2D eigenvalue weighted by Crippen LogP contribution is -2.10. The number of ether oxygens (including phenoxy) is 1. The minimum absolute atomic E-state index is 0.126. The topological polar surface area (TPSA) is 73.1 Å². The first kappa shape index (κ1) is 16.0. The Morgan fingerprint density at radius 3 is 2.45 bits per heavy atom. The minimum Gasteiger partial charge on any atom is -0.453 e. The van der Waals surface area contributed by atoms with E-state index in [9.17, 15) is 13.2 Å². The van der Waals surface area contributed by atoms with Crippen molar-refractivity contribution in [1.29, 1.82) is 0 Å². The normalized spacial score (nSPS) is 11.3. The number of aromatic nitrogens is 2. The van der Waals surface area contributed by atoms with Gasteiger partial charge in [-0.15, -0.1) is 0 Å². The van der Waals surface area contributed by atoms with E-state index in [-0.39, 0.29) is 11.5 Å². The highest BCUT2D eigenvalue weighted by atomic mass is 19.4. The Bertz CT molecular complexity index is 602. The minimum atomic E-state index is -4.48. The third-order valence-electron chi connectivity index (χ3n) is 2.71. The number of alkyl halides is 3. The van der Waals surface area contributed by atoms with Gasteiger partial charge in [-0.05, 0) is 25.1 Å². The fourth-order valence-electron chi connectivity index (χ4n) is 1.68. The largest absolute Gasteiger partial charge is 0.453 e. The average Bonchev–Trinajstić information content (AvgIpc) is 2.49. The molecule has 0 saturated heterocycles. The molecule has 0 unspecified atom stereocenters. The highest BCUT2D eigenvalue weighted by Gasteiger charge is 2.34. The molecule has 1 aromatic carbocycles. The number of nitrogens with zero attached hydrogens (tertiary/aromatic N) is 2. The van der Waals surface area contributed by atoms with Gasteiger partial charge >= 0.3 is 6.18 Å². The maximum atomic E-state index is 12.9. The predicted octanol–water partition coefficient (Wildman–Crippen LogP) is 3.05. The van der Waals surface area contributed by atoms with Crippen molar-refractivity contribution in [2.24, 2.45) is 5.73 Å². The van der Waals surface area contributed by atoms with Crippen LogP contribution in [0.4, 0.5) is 19.1 Å². The molecule has 0 bridgehead atoms. The lowest BCUT2D eigenvalue weighted by molar-refractivity contribution is -0.138. The molecule has 0 fully saturated rings. The number of nitrogens with two attached hydrogens (primary N) is 1. The lowest BCUT2D eigenvalue weighted by Gasteiger charge is -2.13. The zero-order chi connectivity index (χ0) is 16.0. The smallest absolute Gasteiger partial charge is 0.419 e. The lowest BCUT2D eigenvalue weighted by atomic mass is 10.2. The summed E-state index contributed by atoms with van der Waals surface area (Å²) in [5, 5.41) is 2.93. The summed E-state index contributed by atoms with van der Waals surface area (Å²) in [6.45, 7) is 1.16. The zero-order valence-electron chi connectivity index (χ0n) is 11.6. The molecule has 0 aliphatic heterocycles. The van der Waals surface area contributed by atoms with Crippen molar-refractivity contribution >= 4 is 5.95 Å². The standard InChI is InChI=1S/C14H15F3N4O/c15-14(16,17)11-4-1-2-5-12(11)22-10-8-20-13(21-9-10)19-7-3-6-18/h1-2,4-5,8-9H,3,6-7,18H2,(H,19,20,21). The molecule has 2 rings (SSSR count). The van der Waals surface area contributed by atoms with Crippen molar-refractivity contribution < 1.29 is 17.9 Å². The molecule has 0 aliphatic carbocycles. The molecule has 0 atom stereocenters. The van der Waals surface area contributed by atoms with Crippen LogP contribution >= 0.6 is 0 Å². The highest BCUT2D eigenvalue weighted by molar-refractivity contribution is 5.39. The van der Waals surface area contributed by atoms with Gasteiger partial charge in [0, 0.05) is 6.54 Å². The number of rotatable bonds is 6. The van der Waals surface area contributed by atoms with Crippen molar-refractivity contribution in [3.63, 3.8) is 0 Å². The Balaban J connectivity index is 2.08. The second kappa shape index (κ2) is 7.08. The molecular weight excluding hydrogens is 297 g/mol. The van der Waals surface area contributed by atoms with Gasteiger partial charge in [-0.3, -0.25) is 0 Å². The zero-order valence-corrected chi connectivity index (χ0v) is 11.6. The summed E-state index contributed by atoms with van der Waals surface area (Å²) in [4.78, 5) is 7.94. The van der Waals surface area contributed by atoms with Gasteiger partial charge in [0.1, 0.15) is 5.75 Å². The van der Waals surface area contributed by atoms with Crippen molar-refractivity contribution in [2.45, 2.75) is 12.6 Å². The van der Waals surface area contributed by atoms with E-state index in [1.165, 1.54) is 30.6 Å². The molecule has 0 spiro atoms. The first-order valence-electron chi connectivity index (χ1n) is 6.61. The number of halogens is 3. The van der Waals surface area contributed by atoms with Gasteiger partial charge in [-0.2, -0.15) is 13.2 Å². The molecule has 0 amide bonds. The van der Waals surface area contributed by atoms with Crippen LogP contribution in [0.25, 0.3) is 0 Å². The van der Waals surface area contributed by atoms with E-state index in [1.807, 2.05) is 0 Å². The molecule has 1 aromatic heterocycles. The monoisotopic (exact) mass is 312 g/mol. The molecular formula is C14H15F3N4O. The first-order chi connectivity index (χ1) is 10.5. The van der Waals surface area contributed by atoms with Gasteiger partial charge in [0.2, 0.25) is 5.95 Å². The van der Waals surface area contributed by atoms with E-state index in [4.69, 9.17) is 10.5 Å². The van der Waals surface area contributed by atoms with Crippen molar-refractivity contribution in [1.82, 2.24) is 9.97 Å². The average molecular weight is 312 g/mol. The van der Waals surface area contributed by atoms with Crippen molar-refractivity contribution in [2.75, 3.05) is 18.4 Å². The molecule has 5 nitrogen and oxygen atoms in total. The maximum Gasteiger partial charge on any atom is 0.419 e. The molecule has 0 radical (unpaired) electrons. The Labute approximate surface area is 125 Å². The van der Waals surface area contributed by atoms with Crippen LogP contribution in [0.3, 0.4) is 0 Å². The number of nitrogens with one attached hydrogen (secondary N) is 1. The molecule has 0 aliphatic rings. The first-order valence-corrected chi connectivity index (χ1v) is 6.61. The van der Waals surface area contributed by atoms with Gasteiger partial charge in [0.25, 0.3) is 0 Å². The maximum absolute atomic E-state index is 12.9. The molecule has 0 saturated carbocycles. The van der Waals surface area contributed by atoms with Crippen LogP contribution in [0.5, 0.6) is 11.5 Å². The Morgan fingerprint density at radius 1 is 1.14 bits per heavy atom. The number of hydrogen-bond acceptors (Lipinski definition) is 5. The van der Waals surface area contributed by atoms with E-state index >= 15 is 0 Å². The number of para-hydroxylation sites is 1. The highest BCUT2D eigenvalue weighted by Crippen LogP contribution is 2.37. The van der Waals surface area contributed by atoms with Crippen LogP contribution in [-0.2, 0) is 6.18 Å². The summed E-state index contributed by atoms with van der Waals surface area (Å²) < 4.78 is 43.8. The molecule has 3 N–H and O–H groups in total. The second-order valence-electron chi connectivity index (χ2n) is 4.41. The number of benzene rings is 1. The molecule has 8 heteroatoms. The van der Waals surface area contributed by atoms with Crippen LogP contribution in [0.15, 0.2) is 36.7 Å². The van der Waals surface area contributed by atoms with Gasteiger partial charge in [-0.1, -0.05) is 12.1 Å². The SMILES string of the molecule is NCCCNc1ncc(Oc2ccccc2C(F)(F)F)cn1. The Morgan fingerprint density at radius 2 is 1.82 bits per heavy atom. The predicted molar refractivity (Wildman–Crippen MR) is 75.7 cm³/mol. The summed E-state index contributed by atoms with van der Waals surface area (Å²) in [6, 6.07) is 4.97. The van der Waals surface area contributed by atoms with Crippen LogP contribution in [0.1, 0.15) is 12.0 Å². The molecule has 118 valence electrons. The van der Waals surface area contributed by atoms with E-state index in [2.05, 4.69) is 15.3 Å². The van der Waals surface area contributed by atoms with E-state index in [0.717, 1.165) is 12.5 Å². The van der Waals surface area contributed by atoms with Crippen molar-refractivity contribution in [3.8, 4) is 11.5 Å². The van der Waals surface area contributed by atoms with E-state index < -0.39 is 11.7 Å². The fourth-order valence-corrected chi connectivity index (χ4v) is 1.68.